The van der Waals surface area contributed by atoms with Gasteiger partial charge in [-0.15, -0.1) is 0 Å². The smallest absolute Gasteiger partial charge is 0.303 e. The van der Waals surface area contributed by atoms with Gasteiger partial charge < -0.3 is 29.5 Å². The van der Waals surface area contributed by atoms with Crippen molar-refractivity contribution in [3.63, 3.8) is 0 Å². The summed E-state index contributed by atoms with van der Waals surface area (Å²) >= 11 is 0. The van der Waals surface area contributed by atoms with E-state index in [9.17, 15) is 14.7 Å². The monoisotopic (exact) mass is 579 g/mol. The van der Waals surface area contributed by atoms with Gasteiger partial charge in [0.2, 0.25) is 0 Å². The lowest BCUT2D eigenvalue weighted by Crippen LogP contribution is -2.45. The number of likely N-dealkylation sites (tertiary alicyclic amines) is 2. The van der Waals surface area contributed by atoms with Crippen LogP contribution in [0.4, 0.5) is 0 Å². The van der Waals surface area contributed by atoms with Gasteiger partial charge in [-0.25, -0.2) is 0 Å². The molecule has 0 unspecified atom stereocenters. The van der Waals surface area contributed by atoms with Gasteiger partial charge in [0.1, 0.15) is 0 Å². The number of carbonyl (C=O) groups is 2. The lowest BCUT2D eigenvalue weighted by atomic mass is 9.99. The minimum atomic E-state index is -0.836. The molecule has 3 aliphatic rings. The lowest BCUT2D eigenvalue weighted by Gasteiger charge is -2.39. The van der Waals surface area contributed by atoms with Crippen molar-refractivity contribution in [1.82, 2.24) is 15.1 Å². The van der Waals surface area contributed by atoms with Crippen molar-refractivity contribution < 1.29 is 28.9 Å². The van der Waals surface area contributed by atoms with Crippen LogP contribution >= 0.6 is 0 Å². The van der Waals surface area contributed by atoms with Crippen molar-refractivity contribution in [2.24, 2.45) is 0 Å². The summed E-state index contributed by atoms with van der Waals surface area (Å²) in [5.41, 5.74) is 3.81. The molecule has 9 heteroatoms. The molecule has 0 saturated carbocycles. The fourth-order valence-corrected chi connectivity index (χ4v) is 6.33. The molecule has 3 aliphatic heterocycles. The van der Waals surface area contributed by atoms with E-state index < -0.39 is 18.4 Å². The number of benzene rings is 2. The van der Waals surface area contributed by atoms with Crippen molar-refractivity contribution in [2.45, 2.75) is 89.7 Å². The number of nitrogens with one attached hydrogen (secondary N) is 1. The van der Waals surface area contributed by atoms with Crippen LogP contribution in [-0.4, -0.2) is 77.8 Å². The van der Waals surface area contributed by atoms with E-state index in [2.05, 4.69) is 15.1 Å². The Balaban J connectivity index is 1.25. The Bertz CT molecular complexity index is 1170. The number of aliphatic hydroxyl groups excluding tert-OH is 1. The lowest BCUT2D eigenvalue weighted by molar-refractivity contribution is -0.253. The molecule has 2 aromatic carbocycles. The third-order valence-electron chi connectivity index (χ3n) is 8.65. The van der Waals surface area contributed by atoms with Crippen LogP contribution in [-0.2, 0) is 37.0 Å². The van der Waals surface area contributed by atoms with E-state index in [1.54, 1.807) is 6.92 Å². The van der Waals surface area contributed by atoms with Gasteiger partial charge in [-0.1, -0.05) is 48.5 Å². The highest BCUT2D eigenvalue weighted by Gasteiger charge is 2.36. The summed E-state index contributed by atoms with van der Waals surface area (Å²) in [7, 11) is 0. The van der Waals surface area contributed by atoms with Crippen LogP contribution in [0.2, 0.25) is 0 Å². The summed E-state index contributed by atoms with van der Waals surface area (Å²) in [6.07, 6.45) is 4.42. The maximum Gasteiger partial charge on any atom is 0.303 e. The number of esters is 1. The van der Waals surface area contributed by atoms with Crippen LogP contribution < -0.4 is 5.32 Å². The van der Waals surface area contributed by atoms with Crippen molar-refractivity contribution in [1.29, 1.82) is 0 Å². The first-order chi connectivity index (χ1) is 20.4. The van der Waals surface area contributed by atoms with E-state index >= 15 is 0 Å². The maximum atomic E-state index is 12.2. The second kappa shape index (κ2) is 14.6. The number of hydrogen-bond donors (Lipinski definition) is 2. The average molecular weight is 580 g/mol. The highest BCUT2D eigenvalue weighted by atomic mass is 16.7. The third kappa shape index (κ3) is 8.17. The van der Waals surface area contributed by atoms with Crippen molar-refractivity contribution in [3.8, 4) is 0 Å². The van der Waals surface area contributed by atoms with Gasteiger partial charge in [-0.2, -0.15) is 0 Å². The molecule has 5 atom stereocenters. The highest BCUT2D eigenvalue weighted by Crippen LogP contribution is 2.39. The first-order valence-electron chi connectivity index (χ1n) is 15.4. The number of rotatable bonds is 11. The predicted molar refractivity (Wildman–Crippen MR) is 158 cm³/mol. The molecule has 0 bridgehead atoms. The van der Waals surface area contributed by atoms with Crippen LogP contribution in [0.15, 0.2) is 48.5 Å². The summed E-state index contributed by atoms with van der Waals surface area (Å²) in [6, 6.07) is 16.5. The van der Waals surface area contributed by atoms with Gasteiger partial charge in [0.15, 0.2) is 12.4 Å². The minimum absolute atomic E-state index is 0.0169. The van der Waals surface area contributed by atoms with E-state index in [1.165, 1.54) is 45.7 Å². The Morgan fingerprint density at radius 2 is 1.64 bits per heavy atom. The summed E-state index contributed by atoms with van der Waals surface area (Å²) < 4.78 is 18.1. The zero-order valence-electron chi connectivity index (χ0n) is 24.9. The predicted octanol–water partition coefficient (Wildman–Crippen LogP) is 3.85. The Kier molecular flexibility index (Phi) is 10.6. The fourth-order valence-electron chi connectivity index (χ4n) is 6.33. The molecule has 1 amide bonds. The largest absolute Gasteiger partial charge is 0.453 e. The van der Waals surface area contributed by atoms with Crippen LogP contribution in [0.1, 0.15) is 80.6 Å². The van der Waals surface area contributed by atoms with Crippen LogP contribution in [0.25, 0.3) is 0 Å². The molecule has 3 heterocycles. The van der Waals surface area contributed by atoms with Gasteiger partial charge in [0, 0.05) is 44.6 Å². The molecule has 0 aliphatic carbocycles. The second-order valence-corrected chi connectivity index (χ2v) is 11.9. The van der Waals surface area contributed by atoms with E-state index in [1.807, 2.05) is 48.5 Å². The zero-order chi connectivity index (χ0) is 29.5. The average Bonchev–Trinajstić information content (AvgIpc) is 3.68. The minimum Gasteiger partial charge on any atom is -0.453 e. The Labute approximate surface area is 249 Å². The Hall–Kier alpha value is -2.82. The quantitative estimate of drug-likeness (QED) is 0.388. The van der Waals surface area contributed by atoms with Gasteiger partial charge in [-0.05, 0) is 68.9 Å². The van der Waals surface area contributed by atoms with Crippen molar-refractivity contribution in [3.05, 3.63) is 70.8 Å². The zero-order valence-corrected chi connectivity index (χ0v) is 24.9. The number of ether oxygens (including phenoxy) is 3. The highest BCUT2D eigenvalue weighted by molar-refractivity contribution is 5.82. The van der Waals surface area contributed by atoms with E-state index in [-0.39, 0.29) is 24.7 Å². The van der Waals surface area contributed by atoms with Gasteiger partial charge >= 0.3 is 5.97 Å². The molecule has 2 N–H and O–H groups in total. The summed E-state index contributed by atoms with van der Waals surface area (Å²) in [5.74, 6) is -0.821. The first-order valence-corrected chi connectivity index (χ1v) is 15.4. The van der Waals surface area contributed by atoms with Gasteiger partial charge in [0.05, 0.1) is 18.8 Å². The standard InChI is InChI=1S/C33H45N3O6/c1-23(40-24(2)38)32(39)34-19-25-7-13-28(14-8-25)33-41-30(18-31(42-33)27-11-9-26(22-37)10-12-27)21-36-17-5-6-29(36)20-35-15-3-4-16-35/h7-14,23,29-31,33,37H,3-6,15-22H2,1-2H3,(H,34,39)/t23-,29-,30+,31-,33-/m0/s1. The molecule has 5 rings (SSSR count). The number of hydrogen-bond acceptors (Lipinski definition) is 8. The Morgan fingerprint density at radius 1 is 0.952 bits per heavy atom. The van der Waals surface area contributed by atoms with E-state index in [0.29, 0.717) is 12.6 Å². The molecule has 3 fully saturated rings. The van der Waals surface area contributed by atoms with Gasteiger partial charge in [0.25, 0.3) is 5.91 Å². The number of carbonyl (C=O) groups excluding carboxylic acids is 2. The molecule has 0 aromatic heterocycles. The topological polar surface area (TPSA) is 101 Å². The van der Waals surface area contributed by atoms with E-state index in [0.717, 1.165) is 48.3 Å². The van der Waals surface area contributed by atoms with Crippen molar-refractivity contribution in [2.75, 3.05) is 32.7 Å². The molecule has 2 aromatic rings. The SMILES string of the molecule is CC(=O)O[C@@H](C)C(=O)NCc1ccc([C@H]2O[C@@H](CN3CCC[C@H]3CN3CCCC3)C[C@@H](c3ccc(CO)cc3)O2)cc1. The van der Waals surface area contributed by atoms with Crippen LogP contribution in [0, 0.1) is 0 Å². The summed E-state index contributed by atoms with van der Waals surface area (Å²) in [6.45, 7) is 8.76. The number of aliphatic hydroxyl groups is 1. The molecular formula is C33H45N3O6. The normalized spacial score (nSPS) is 25.8. The van der Waals surface area contributed by atoms with Crippen LogP contribution in [0.3, 0.4) is 0 Å². The number of amides is 1. The molecule has 9 nitrogen and oxygen atoms in total. The summed E-state index contributed by atoms with van der Waals surface area (Å²) in [4.78, 5) is 28.6. The molecule has 42 heavy (non-hydrogen) atoms. The molecule has 228 valence electrons. The van der Waals surface area contributed by atoms with Gasteiger partial charge in [-0.3, -0.25) is 14.5 Å². The Morgan fingerprint density at radius 3 is 2.33 bits per heavy atom. The second-order valence-electron chi connectivity index (χ2n) is 11.9. The molecule has 3 saturated heterocycles. The molecular weight excluding hydrogens is 534 g/mol. The van der Waals surface area contributed by atoms with Crippen molar-refractivity contribution >= 4 is 11.9 Å². The van der Waals surface area contributed by atoms with Crippen LogP contribution in [0.5, 0.6) is 0 Å². The van der Waals surface area contributed by atoms with E-state index in [4.69, 9.17) is 14.2 Å². The molecule has 0 radical (unpaired) electrons. The maximum absolute atomic E-state index is 12.2. The fraction of sp³-hybridized carbons (Fsp3) is 0.576. The number of nitrogens with zero attached hydrogens (tertiary/aromatic N) is 2. The summed E-state index contributed by atoms with van der Waals surface area (Å²) in [5, 5.41) is 12.3. The third-order valence-corrected chi connectivity index (χ3v) is 8.65. The first kappa shape index (κ1) is 30.6. The molecule has 0 spiro atoms.